The molecule has 0 saturated heterocycles. The van der Waals surface area contributed by atoms with Gasteiger partial charge in [0.1, 0.15) is 5.75 Å². The van der Waals surface area contributed by atoms with Crippen molar-refractivity contribution in [2.24, 2.45) is 0 Å². The molecule has 0 heterocycles. The molecule has 2 heteroatoms. The molecule has 0 fully saturated rings. The Kier molecular flexibility index (Phi) is 4.63. The highest BCUT2D eigenvalue weighted by Gasteiger charge is 2.06. The van der Waals surface area contributed by atoms with Crippen molar-refractivity contribution in [3.63, 3.8) is 0 Å². The van der Waals surface area contributed by atoms with Crippen molar-refractivity contribution in [2.45, 2.75) is 33.3 Å². The summed E-state index contributed by atoms with van der Waals surface area (Å²) in [6.07, 6.45) is 1.29. The monoisotopic (exact) mass is 207 g/mol. The molecule has 0 aromatic heterocycles. The lowest BCUT2D eigenvalue weighted by Crippen LogP contribution is -2.19. The lowest BCUT2D eigenvalue weighted by molar-refractivity contribution is 0.209. The van der Waals surface area contributed by atoms with Crippen molar-refractivity contribution in [1.29, 1.82) is 0 Å². The molecule has 0 aliphatic carbocycles. The molecule has 0 amide bonds. The zero-order valence-corrected chi connectivity index (χ0v) is 10.1. The van der Waals surface area contributed by atoms with E-state index in [0.29, 0.717) is 0 Å². The Bertz CT molecular complexity index is 309. The van der Waals surface area contributed by atoms with Crippen LogP contribution < -0.4 is 10.1 Å². The van der Waals surface area contributed by atoms with Gasteiger partial charge in [-0.15, -0.1) is 0 Å². The zero-order valence-electron chi connectivity index (χ0n) is 10.1. The summed E-state index contributed by atoms with van der Waals surface area (Å²) >= 11 is 0. The molecule has 0 saturated carbocycles. The molecule has 1 aromatic carbocycles. The van der Waals surface area contributed by atoms with Crippen LogP contribution in [0.2, 0.25) is 0 Å². The summed E-state index contributed by atoms with van der Waals surface area (Å²) in [6, 6.07) is 6.20. The minimum atomic E-state index is 0.262. The van der Waals surface area contributed by atoms with E-state index in [1.807, 2.05) is 19.2 Å². The highest BCUT2D eigenvalue weighted by atomic mass is 16.5. The third-order valence-electron chi connectivity index (χ3n) is 2.68. The number of ether oxygens (including phenoxy) is 1. The molecular formula is C13H21NO. The summed E-state index contributed by atoms with van der Waals surface area (Å²) in [6.45, 7) is 7.32. The Morgan fingerprint density at radius 2 is 2.07 bits per heavy atom. The number of hydrogen-bond acceptors (Lipinski definition) is 2. The predicted octanol–water partition coefficient (Wildman–Crippen LogP) is 2.68. The Morgan fingerprint density at radius 1 is 1.33 bits per heavy atom. The van der Waals surface area contributed by atoms with Gasteiger partial charge in [0.2, 0.25) is 0 Å². The highest BCUT2D eigenvalue weighted by Crippen LogP contribution is 2.22. The minimum absolute atomic E-state index is 0.262. The van der Waals surface area contributed by atoms with Crippen LogP contribution >= 0.6 is 0 Å². The lowest BCUT2D eigenvalue weighted by atomic mass is 10.1. The third-order valence-corrected chi connectivity index (χ3v) is 2.68. The first-order valence-electron chi connectivity index (χ1n) is 5.52. The van der Waals surface area contributed by atoms with Gasteiger partial charge in [-0.3, -0.25) is 0 Å². The smallest absolute Gasteiger partial charge is 0.122 e. The first-order valence-corrected chi connectivity index (χ1v) is 5.52. The molecule has 0 aliphatic rings. The van der Waals surface area contributed by atoms with Crippen LogP contribution in [0.1, 0.15) is 24.5 Å². The van der Waals surface area contributed by atoms with Gasteiger partial charge in [-0.05, 0) is 58.0 Å². The average Bonchev–Trinajstić information content (AvgIpc) is 2.22. The van der Waals surface area contributed by atoms with E-state index in [1.165, 1.54) is 11.1 Å². The van der Waals surface area contributed by atoms with E-state index < -0.39 is 0 Å². The summed E-state index contributed by atoms with van der Waals surface area (Å²) < 4.78 is 5.89. The van der Waals surface area contributed by atoms with Crippen molar-refractivity contribution in [3.05, 3.63) is 29.3 Å². The average molecular weight is 207 g/mol. The summed E-state index contributed by atoms with van der Waals surface area (Å²) in [4.78, 5) is 0. The summed E-state index contributed by atoms with van der Waals surface area (Å²) in [5.41, 5.74) is 2.53. The van der Waals surface area contributed by atoms with Crippen LogP contribution in [0, 0.1) is 13.8 Å². The van der Waals surface area contributed by atoms with Gasteiger partial charge in [-0.2, -0.15) is 0 Å². The molecule has 1 unspecified atom stereocenters. The number of rotatable bonds is 5. The summed E-state index contributed by atoms with van der Waals surface area (Å²) in [5, 5.41) is 3.13. The van der Waals surface area contributed by atoms with Crippen molar-refractivity contribution in [1.82, 2.24) is 5.32 Å². The molecule has 0 spiro atoms. The molecule has 0 radical (unpaired) electrons. The van der Waals surface area contributed by atoms with Crippen LogP contribution in [0.15, 0.2) is 18.2 Å². The van der Waals surface area contributed by atoms with E-state index in [0.717, 1.165) is 18.7 Å². The molecule has 84 valence electrons. The van der Waals surface area contributed by atoms with Crippen molar-refractivity contribution in [2.75, 3.05) is 13.6 Å². The predicted molar refractivity (Wildman–Crippen MR) is 64.5 cm³/mol. The Balaban J connectivity index is 2.60. The second kappa shape index (κ2) is 5.76. The number of hydrogen-bond donors (Lipinski definition) is 1. The molecule has 0 aliphatic heterocycles. The van der Waals surface area contributed by atoms with Gasteiger partial charge >= 0.3 is 0 Å². The van der Waals surface area contributed by atoms with Crippen molar-refractivity contribution in [3.8, 4) is 5.75 Å². The lowest BCUT2D eigenvalue weighted by Gasteiger charge is -2.17. The molecule has 1 aromatic rings. The van der Waals surface area contributed by atoms with Gasteiger partial charge in [-0.1, -0.05) is 12.1 Å². The number of benzene rings is 1. The van der Waals surface area contributed by atoms with E-state index in [1.54, 1.807) is 0 Å². The molecule has 15 heavy (non-hydrogen) atoms. The van der Waals surface area contributed by atoms with Crippen LogP contribution in [-0.4, -0.2) is 19.7 Å². The van der Waals surface area contributed by atoms with Crippen LogP contribution in [0.5, 0.6) is 5.75 Å². The number of nitrogens with one attached hydrogen (secondary N) is 1. The first kappa shape index (κ1) is 12.1. The van der Waals surface area contributed by atoms with Gasteiger partial charge in [0, 0.05) is 0 Å². The van der Waals surface area contributed by atoms with E-state index in [4.69, 9.17) is 4.74 Å². The van der Waals surface area contributed by atoms with E-state index in [2.05, 4.69) is 32.2 Å². The Labute approximate surface area is 92.6 Å². The van der Waals surface area contributed by atoms with Gasteiger partial charge in [-0.25, -0.2) is 0 Å². The second-order valence-electron chi connectivity index (χ2n) is 4.02. The standard InChI is InChI=1S/C13H21NO/c1-10-6-5-7-13(12(10)3)15-11(2)8-9-14-4/h5-7,11,14H,8-9H2,1-4H3. The fourth-order valence-corrected chi connectivity index (χ4v) is 1.48. The van der Waals surface area contributed by atoms with Crippen LogP contribution in [0.25, 0.3) is 0 Å². The Hall–Kier alpha value is -1.02. The fraction of sp³-hybridized carbons (Fsp3) is 0.538. The van der Waals surface area contributed by atoms with Crippen LogP contribution in [0.3, 0.4) is 0 Å². The Morgan fingerprint density at radius 3 is 2.73 bits per heavy atom. The maximum Gasteiger partial charge on any atom is 0.122 e. The maximum absolute atomic E-state index is 5.89. The zero-order chi connectivity index (χ0) is 11.3. The van der Waals surface area contributed by atoms with Crippen molar-refractivity contribution >= 4 is 0 Å². The number of aryl methyl sites for hydroxylation is 1. The van der Waals surface area contributed by atoms with Crippen LogP contribution in [0.4, 0.5) is 0 Å². The minimum Gasteiger partial charge on any atom is -0.490 e. The molecule has 1 N–H and O–H groups in total. The van der Waals surface area contributed by atoms with E-state index >= 15 is 0 Å². The second-order valence-corrected chi connectivity index (χ2v) is 4.02. The highest BCUT2D eigenvalue weighted by molar-refractivity contribution is 5.38. The van der Waals surface area contributed by atoms with Gasteiger partial charge in [0.05, 0.1) is 6.10 Å². The maximum atomic E-state index is 5.89. The largest absolute Gasteiger partial charge is 0.490 e. The molecule has 1 atom stereocenters. The first-order chi connectivity index (χ1) is 7.15. The summed E-state index contributed by atoms with van der Waals surface area (Å²) in [5.74, 6) is 1.01. The molecule has 1 rings (SSSR count). The van der Waals surface area contributed by atoms with Gasteiger partial charge in [0.25, 0.3) is 0 Å². The topological polar surface area (TPSA) is 21.3 Å². The van der Waals surface area contributed by atoms with E-state index in [-0.39, 0.29) is 6.10 Å². The molecule has 2 nitrogen and oxygen atoms in total. The van der Waals surface area contributed by atoms with Gasteiger partial charge in [0.15, 0.2) is 0 Å². The molecule has 0 bridgehead atoms. The normalized spacial score (nSPS) is 12.5. The molecular weight excluding hydrogens is 186 g/mol. The SMILES string of the molecule is CNCCC(C)Oc1cccc(C)c1C. The quantitative estimate of drug-likeness (QED) is 0.801. The third kappa shape index (κ3) is 3.56. The van der Waals surface area contributed by atoms with Crippen molar-refractivity contribution < 1.29 is 4.74 Å². The summed E-state index contributed by atoms with van der Waals surface area (Å²) in [7, 11) is 1.96. The fourth-order valence-electron chi connectivity index (χ4n) is 1.48. The van der Waals surface area contributed by atoms with Gasteiger partial charge < -0.3 is 10.1 Å². The van der Waals surface area contributed by atoms with Crippen LogP contribution in [-0.2, 0) is 0 Å². The van der Waals surface area contributed by atoms with E-state index in [9.17, 15) is 0 Å².